The van der Waals surface area contributed by atoms with Crippen molar-refractivity contribution in [2.75, 3.05) is 11.4 Å². The van der Waals surface area contributed by atoms with Gasteiger partial charge in [-0.2, -0.15) is 0 Å². The van der Waals surface area contributed by atoms with Crippen molar-refractivity contribution in [3.63, 3.8) is 0 Å². The molecule has 1 aliphatic carbocycles. The summed E-state index contributed by atoms with van der Waals surface area (Å²) in [5.74, 6) is -0.0987. The molecule has 0 radical (unpaired) electrons. The number of benzene rings is 1. The van der Waals surface area contributed by atoms with Gasteiger partial charge in [0, 0.05) is 24.7 Å². The smallest absolute Gasteiger partial charge is 0.293 e. The highest BCUT2D eigenvalue weighted by Crippen LogP contribution is 2.37. The molecule has 1 saturated carbocycles. The van der Waals surface area contributed by atoms with Gasteiger partial charge in [-0.3, -0.25) is 10.1 Å². The molecule has 2 rings (SSSR count). The fraction of sp³-hybridized carbons (Fsp3) is 0.625. The standard InChI is InChI=1S/C16H22BrFN2O2/c1-11(2)10-19(12-6-4-3-5-7-12)15-9-14(18)13(17)8-16(15)20(21)22/h8-9,11-12H,3-7,10H2,1-2H3. The first kappa shape index (κ1) is 17.2. The minimum atomic E-state index is -0.454. The number of hydrogen-bond donors (Lipinski definition) is 0. The summed E-state index contributed by atoms with van der Waals surface area (Å²) < 4.78 is 14.1. The molecule has 6 heteroatoms. The van der Waals surface area contributed by atoms with Crippen LogP contribution in [0.5, 0.6) is 0 Å². The van der Waals surface area contributed by atoms with Crippen molar-refractivity contribution in [2.24, 2.45) is 5.92 Å². The zero-order valence-corrected chi connectivity index (χ0v) is 14.6. The van der Waals surface area contributed by atoms with Crippen LogP contribution in [0.4, 0.5) is 15.8 Å². The molecule has 1 aromatic rings. The third kappa shape index (κ3) is 3.97. The van der Waals surface area contributed by atoms with Crippen molar-refractivity contribution < 1.29 is 9.31 Å². The zero-order valence-electron chi connectivity index (χ0n) is 13.0. The topological polar surface area (TPSA) is 46.4 Å². The Bertz CT molecular complexity index is 545. The molecule has 0 unspecified atom stereocenters. The molecule has 4 nitrogen and oxygen atoms in total. The molecule has 22 heavy (non-hydrogen) atoms. The lowest BCUT2D eigenvalue weighted by Crippen LogP contribution is -2.39. The van der Waals surface area contributed by atoms with E-state index >= 15 is 0 Å². The first-order chi connectivity index (χ1) is 10.4. The van der Waals surface area contributed by atoms with Crippen molar-refractivity contribution in [3.05, 3.63) is 32.5 Å². The van der Waals surface area contributed by atoms with E-state index in [1.807, 2.05) is 0 Å². The Morgan fingerprint density at radius 3 is 2.55 bits per heavy atom. The number of nitro benzene ring substituents is 1. The second-order valence-electron chi connectivity index (χ2n) is 6.35. The van der Waals surface area contributed by atoms with Crippen LogP contribution in [0, 0.1) is 21.8 Å². The summed E-state index contributed by atoms with van der Waals surface area (Å²) in [6.07, 6.45) is 5.50. The lowest BCUT2D eigenvalue weighted by molar-refractivity contribution is -0.384. The molecule has 0 bridgehead atoms. The van der Waals surface area contributed by atoms with Gasteiger partial charge in [0.2, 0.25) is 0 Å². The summed E-state index contributed by atoms with van der Waals surface area (Å²) in [6, 6.07) is 2.84. The number of nitro groups is 1. The lowest BCUT2D eigenvalue weighted by atomic mass is 9.93. The van der Waals surface area contributed by atoms with E-state index in [1.54, 1.807) is 0 Å². The monoisotopic (exact) mass is 372 g/mol. The fourth-order valence-electron chi connectivity index (χ4n) is 3.13. The Kier molecular flexibility index (Phi) is 5.78. The third-order valence-electron chi connectivity index (χ3n) is 4.10. The van der Waals surface area contributed by atoms with Gasteiger partial charge in [-0.1, -0.05) is 33.1 Å². The van der Waals surface area contributed by atoms with Crippen LogP contribution in [-0.4, -0.2) is 17.5 Å². The molecule has 1 aliphatic rings. The zero-order chi connectivity index (χ0) is 16.3. The quantitative estimate of drug-likeness (QED) is 0.520. The molecule has 122 valence electrons. The normalized spacial score (nSPS) is 16.0. The predicted molar refractivity (Wildman–Crippen MR) is 89.8 cm³/mol. The van der Waals surface area contributed by atoms with Gasteiger partial charge in [0.15, 0.2) is 0 Å². The molecule has 0 amide bonds. The highest BCUT2D eigenvalue weighted by Gasteiger charge is 2.29. The number of halogens is 2. The second-order valence-corrected chi connectivity index (χ2v) is 7.20. The van der Waals surface area contributed by atoms with E-state index in [0.717, 1.165) is 25.7 Å². The van der Waals surface area contributed by atoms with Crippen LogP contribution in [0.25, 0.3) is 0 Å². The summed E-state index contributed by atoms with van der Waals surface area (Å²) in [7, 11) is 0. The third-order valence-corrected chi connectivity index (χ3v) is 4.71. The van der Waals surface area contributed by atoms with Crippen molar-refractivity contribution in [3.8, 4) is 0 Å². The molecule has 0 spiro atoms. The van der Waals surface area contributed by atoms with Crippen LogP contribution < -0.4 is 4.90 Å². The second kappa shape index (κ2) is 7.40. The fourth-order valence-corrected chi connectivity index (χ4v) is 3.46. The molecule has 0 atom stereocenters. The Balaban J connectivity index is 2.45. The summed E-state index contributed by atoms with van der Waals surface area (Å²) in [4.78, 5) is 13.0. The van der Waals surface area contributed by atoms with E-state index in [0.29, 0.717) is 18.2 Å². The van der Waals surface area contributed by atoms with Crippen molar-refractivity contribution in [2.45, 2.75) is 52.0 Å². The van der Waals surface area contributed by atoms with Crippen LogP contribution in [0.2, 0.25) is 0 Å². The van der Waals surface area contributed by atoms with Crippen LogP contribution in [0.1, 0.15) is 46.0 Å². The average molecular weight is 373 g/mol. The maximum absolute atomic E-state index is 14.0. The van der Waals surface area contributed by atoms with Crippen LogP contribution >= 0.6 is 15.9 Å². The van der Waals surface area contributed by atoms with Crippen molar-refractivity contribution in [1.82, 2.24) is 0 Å². The van der Waals surface area contributed by atoms with E-state index < -0.39 is 10.7 Å². The van der Waals surface area contributed by atoms with E-state index in [4.69, 9.17) is 0 Å². The van der Waals surface area contributed by atoms with Gasteiger partial charge in [-0.15, -0.1) is 0 Å². The summed E-state index contributed by atoms with van der Waals surface area (Å²) in [6.45, 7) is 4.86. The largest absolute Gasteiger partial charge is 0.363 e. The lowest BCUT2D eigenvalue weighted by Gasteiger charge is -2.37. The maximum atomic E-state index is 14.0. The Morgan fingerprint density at radius 2 is 2.00 bits per heavy atom. The van der Waals surface area contributed by atoms with Gasteiger partial charge in [-0.25, -0.2) is 4.39 Å². The summed E-state index contributed by atoms with van der Waals surface area (Å²) >= 11 is 3.05. The minimum Gasteiger partial charge on any atom is -0.363 e. The summed E-state index contributed by atoms with van der Waals surface area (Å²) in [5, 5.41) is 11.4. The number of anilines is 1. The first-order valence-electron chi connectivity index (χ1n) is 7.80. The van der Waals surface area contributed by atoms with Crippen molar-refractivity contribution in [1.29, 1.82) is 0 Å². The molecular formula is C16H22BrFN2O2. The van der Waals surface area contributed by atoms with Gasteiger partial charge in [0.05, 0.1) is 9.40 Å². The van der Waals surface area contributed by atoms with E-state index in [9.17, 15) is 14.5 Å². The molecule has 0 saturated heterocycles. The maximum Gasteiger partial charge on any atom is 0.293 e. The number of hydrogen-bond acceptors (Lipinski definition) is 3. The Labute approximate surface area is 139 Å². The molecule has 1 aromatic carbocycles. The Hall–Kier alpha value is -1.17. The first-order valence-corrected chi connectivity index (χ1v) is 8.59. The molecule has 0 aromatic heterocycles. The van der Waals surface area contributed by atoms with Gasteiger partial charge >= 0.3 is 0 Å². The minimum absolute atomic E-state index is 0.0282. The molecule has 0 heterocycles. The van der Waals surface area contributed by atoms with Crippen molar-refractivity contribution >= 4 is 27.3 Å². The predicted octanol–water partition coefficient (Wildman–Crippen LogP) is 5.29. The van der Waals surface area contributed by atoms with E-state index in [1.165, 1.54) is 18.6 Å². The van der Waals surface area contributed by atoms with E-state index in [-0.39, 0.29) is 16.2 Å². The molecule has 1 fully saturated rings. The molecule has 0 N–H and O–H groups in total. The van der Waals surface area contributed by atoms with Gasteiger partial charge in [-0.05, 0) is 34.7 Å². The average Bonchev–Trinajstić information content (AvgIpc) is 2.48. The highest BCUT2D eigenvalue weighted by molar-refractivity contribution is 9.10. The summed E-state index contributed by atoms with van der Waals surface area (Å²) in [5.41, 5.74) is 0.380. The van der Waals surface area contributed by atoms with Crippen LogP contribution in [-0.2, 0) is 0 Å². The van der Waals surface area contributed by atoms with Gasteiger partial charge in [0.25, 0.3) is 5.69 Å². The molecule has 0 aliphatic heterocycles. The van der Waals surface area contributed by atoms with Crippen LogP contribution in [0.3, 0.4) is 0 Å². The van der Waals surface area contributed by atoms with E-state index in [2.05, 4.69) is 34.7 Å². The van der Waals surface area contributed by atoms with Crippen LogP contribution in [0.15, 0.2) is 16.6 Å². The molecular weight excluding hydrogens is 351 g/mol. The Morgan fingerprint density at radius 1 is 1.36 bits per heavy atom. The van der Waals surface area contributed by atoms with Gasteiger partial charge in [0.1, 0.15) is 11.5 Å². The number of nitrogens with zero attached hydrogens (tertiary/aromatic N) is 2. The number of rotatable bonds is 5. The highest BCUT2D eigenvalue weighted by atomic mass is 79.9. The van der Waals surface area contributed by atoms with Gasteiger partial charge < -0.3 is 4.90 Å². The SMILES string of the molecule is CC(C)CN(c1cc(F)c(Br)cc1[N+](=O)[O-])C1CCCCC1.